The molecule has 0 aromatic heterocycles. The van der Waals surface area contributed by atoms with E-state index in [1.165, 1.54) is 47.5 Å². The van der Waals surface area contributed by atoms with Gasteiger partial charge >= 0.3 is 5.97 Å². The number of hydrogen-bond acceptors (Lipinski definition) is 6. The molecule has 1 saturated heterocycles. The fraction of sp³-hybridized carbons (Fsp3) is 0.152. The molecule has 1 aliphatic heterocycles. The van der Waals surface area contributed by atoms with Crippen molar-refractivity contribution in [3.8, 4) is 11.1 Å². The normalized spacial score (nSPS) is 15.5. The van der Waals surface area contributed by atoms with E-state index in [0.717, 1.165) is 28.0 Å². The van der Waals surface area contributed by atoms with Crippen LogP contribution >= 0.6 is 0 Å². The molecular weight excluding hydrogens is 523 g/mol. The van der Waals surface area contributed by atoms with Crippen molar-refractivity contribution in [1.29, 1.82) is 0 Å². The maximum Gasteiger partial charge on any atom is 0.338 e. The van der Waals surface area contributed by atoms with E-state index < -0.39 is 24.5 Å². The van der Waals surface area contributed by atoms with E-state index in [9.17, 15) is 23.6 Å². The van der Waals surface area contributed by atoms with Gasteiger partial charge in [0, 0.05) is 12.1 Å². The minimum Gasteiger partial charge on any atom is -0.454 e. The number of carbonyl (C=O) groups excluding carboxylic acids is 4. The quantitative estimate of drug-likeness (QED) is 0.169. The van der Waals surface area contributed by atoms with Crippen molar-refractivity contribution in [2.75, 3.05) is 11.5 Å². The molecule has 204 valence electrons. The molecule has 1 aliphatic carbocycles. The highest BCUT2D eigenvalue weighted by molar-refractivity contribution is 6.22. The van der Waals surface area contributed by atoms with Crippen LogP contribution in [0.3, 0.4) is 0 Å². The van der Waals surface area contributed by atoms with E-state index >= 15 is 0 Å². The number of anilines is 1. The van der Waals surface area contributed by atoms with Gasteiger partial charge in [0.2, 0.25) is 5.91 Å². The van der Waals surface area contributed by atoms with Gasteiger partial charge in [-0.1, -0.05) is 48.5 Å². The van der Waals surface area contributed by atoms with Gasteiger partial charge in [0.15, 0.2) is 12.4 Å². The molecule has 8 heteroatoms. The third-order valence-corrected chi connectivity index (χ3v) is 7.42. The van der Waals surface area contributed by atoms with Crippen molar-refractivity contribution in [2.24, 2.45) is 0 Å². The van der Waals surface area contributed by atoms with Crippen LogP contribution in [0.5, 0.6) is 0 Å². The molecule has 41 heavy (non-hydrogen) atoms. The molecule has 0 saturated carbocycles. The third kappa shape index (κ3) is 5.29. The number of Topliss-reactive ketones (excluding diaryl/α,β-unsaturated/α-hetero) is 1. The molecule has 0 bridgehead atoms. The molecule has 1 N–H and O–H groups in total. The minimum absolute atomic E-state index is 0.0132. The summed E-state index contributed by atoms with van der Waals surface area (Å²) in [4.78, 5) is 52.0. The first-order valence-electron chi connectivity index (χ1n) is 13.2. The zero-order valence-electron chi connectivity index (χ0n) is 21.9. The van der Waals surface area contributed by atoms with Gasteiger partial charge < -0.3 is 10.1 Å². The zero-order valence-corrected chi connectivity index (χ0v) is 21.9. The number of carbonyl (C=O) groups is 4. The van der Waals surface area contributed by atoms with Crippen LogP contribution in [0, 0.1) is 5.82 Å². The van der Waals surface area contributed by atoms with Gasteiger partial charge in [0.05, 0.1) is 23.7 Å². The molecule has 1 fully saturated rings. The van der Waals surface area contributed by atoms with Gasteiger partial charge in [-0.3, -0.25) is 14.4 Å². The second-order valence-electron chi connectivity index (χ2n) is 10.1. The SMILES string of the molecule is O=C(COC(=O)c1ccc(N2C(=O)CC(NCc3ccc(F)cc3)C2=O)cc1)c1ccc2c(c1)Cc1ccccc1-2. The second kappa shape index (κ2) is 10.9. The summed E-state index contributed by atoms with van der Waals surface area (Å²) in [6, 6.07) is 24.7. The van der Waals surface area contributed by atoms with E-state index in [4.69, 9.17) is 4.74 Å². The van der Waals surface area contributed by atoms with E-state index in [1.54, 1.807) is 18.2 Å². The average molecular weight is 549 g/mol. The van der Waals surface area contributed by atoms with Crippen molar-refractivity contribution < 1.29 is 28.3 Å². The van der Waals surface area contributed by atoms with Gasteiger partial charge in [-0.05, 0) is 76.7 Å². The molecule has 7 nitrogen and oxygen atoms in total. The minimum atomic E-state index is -0.711. The van der Waals surface area contributed by atoms with E-state index in [2.05, 4.69) is 17.4 Å². The summed E-state index contributed by atoms with van der Waals surface area (Å²) in [6.45, 7) is -0.1000. The van der Waals surface area contributed by atoms with Crippen molar-refractivity contribution in [3.63, 3.8) is 0 Å². The highest BCUT2D eigenvalue weighted by Gasteiger charge is 2.39. The first-order valence-corrected chi connectivity index (χ1v) is 13.2. The predicted octanol–water partition coefficient (Wildman–Crippen LogP) is 4.86. The monoisotopic (exact) mass is 548 g/mol. The number of halogens is 1. The molecule has 2 amide bonds. The number of imide groups is 1. The Morgan fingerprint density at radius 2 is 1.56 bits per heavy atom. The highest BCUT2D eigenvalue weighted by atomic mass is 19.1. The Hall–Kier alpha value is -4.95. The Balaban J connectivity index is 1.04. The van der Waals surface area contributed by atoms with Crippen molar-refractivity contribution >= 4 is 29.3 Å². The Morgan fingerprint density at radius 3 is 2.34 bits per heavy atom. The lowest BCUT2D eigenvalue weighted by atomic mass is 10.0. The van der Waals surface area contributed by atoms with Crippen molar-refractivity contribution in [3.05, 3.63) is 125 Å². The van der Waals surface area contributed by atoms with Crippen molar-refractivity contribution in [2.45, 2.75) is 25.4 Å². The van der Waals surface area contributed by atoms with Gasteiger partial charge in [-0.2, -0.15) is 0 Å². The van der Waals surface area contributed by atoms with Crippen LogP contribution in [0.2, 0.25) is 0 Å². The predicted molar refractivity (Wildman–Crippen MR) is 150 cm³/mol. The van der Waals surface area contributed by atoms with Gasteiger partial charge in [0.25, 0.3) is 5.91 Å². The summed E-state index contributed by atoms with van der Waals surface area (Å²) in [7, 11) is 0. The summed E-state index contributed by atoms with van der Waals surface area (Å²) in [6.07, 6.45) is 0.743. The number of ether oxygens (including phenoxy) is 1. The number of ketones is 1. The summed E-state index contributed by atoms with van der Waals surface area (Å²) in [5.41, 5.74) is 6.36. The molecule has 1 heterocycles. The molecule has 4 aromatic carbocycles. The number of rotatable bonds is 8. The second-order valence-corrected chi connectivity index (χ2v) is 10.1. The molecule has 0 radical (unpaired) electrons. The maximum atomic E-state index is 13.1. The lowest BCUT2D eigenvalue weighted by molar-refractivity contribution is -0.121. The van der Waals surface area contributed by atoms with Crippen molar-refractivity contribution in [1.82, 2.24) is 5.32 Å². The number of fused-ring (bicyclic) bond motifs is 3. The number of nitrogens with zero attached hydrogens (tertiary/aromatic N) is 1. The molecule has 2 aliphatic rings. The largest absolute Gasteiger partial charge is 0.454 e. The van der Waals surface area contributed by atoms with Crippen LogP contribution in [0.25, 0.3) is 11.1 Å². The van der Waals surface area contributed by atoms with Crippen LogP contribution in [0.15, 0.2) is 91.0 Å². The molecule has 6 rings (SSSR count). The summed E-state index contributed by atoms with van der Waals surface area (Å²) in [5, 5.41) is 3.05. The maximum absolute atomic E-state index is 13.1. The Morgan fingerprint density at radius 1 is 0.854 bits per heavy atom. The number of amides is 2. The van der Waals surface area contributed by atoms with Crippen LogP contribution in [0.4, 0.5) is 10.1 Å². The topological polar surface area (TPSA) is 92.8 Å². The highest BCUT2D eigenvalue weighted by Crippen LogP contribution is 2.36. The molecule has 1 unspecified atom stereocenters. The third-order valence-electron chi connectivity index (χ3n) is 7.42. The lowest BCUT2D eigenvalue weighted by Crippen LogP contribution is -2.38. The Labute approximate surface area is 235 Å². The summed E-state index contributed by atoms with van der Waals surface area (Å²) >= 11 is 0. The number of hydrogen-bond donors (Lipinski definition) is 1. The van der Waals surface area contributed by atoms with Gasteiger partial charge in [-0.25, -0.2) is 14.1 Å². The van der Waals surface area contributed by atoms with Gasteiger partial charge in [-0.15, -0.1) is 0 Å². The molecule has 0 spiro atoms. The average Bonchev–Trinajstić information content (AvgIpc) is 3.50. The molecule has 1 atom stereocenters. The number of nitrogens with one attached hydrogen (secondary N) is 1. The lowest BCUT2D eigenvalue weighted by Gasteiger charge is -2.16. The standard InChI is InChI=1S/C33H25FN2O5/c34-25-10-5-20(6-11-25)18-35-29-17-31(38)36(32(29)39)26-12-7-21(8-13-26)33(40)41-19-30(37)23-9-14-28-24(16-23)15-22-3-1-2-4-27(22)28/h1-14,16,29,35H,15,17-19H2. The van der Waals surface area contributed by atoms with Crippen LogP contribution < -0.4 is 10.2 Å². The molecular formula is C33H25FN2O5. The Kier molecular flexibility index (Phi) is 6.99. The summed E-state index contributed by atoms with van der Waals surface area (Å²) in [5.74, 6) is -2.12. The Bertz CT molecular complexity index is 1680. The summed E-state index contributed by atoms with van der Waals surface area (Å²) < 4.78 is 18.4. The molecule has 4 aromatic rings. The first kappa shape index (κ1) is 26.3. The zero-order chi connectivity index (χ0) is 28.5. The van der Waals surface area contributed by atoms with Crippen LogP contribution in [-0.4, -0.2) is 36.2 Å². The fourth-order valence-corrected chi connectivity index (χ4v) is 5.27. The van der Waals surface area contributed by atoms with E-state index in [-0.39, 0.29) is 29.5 Å². The fourth-order valence-electron chi connectivity index (χ4n) is 5.27. The first-order chi connectivity index (χ1) is 19.9. The number of benzene rings is 4. The smallest absolute Gasteiger partial charge is 0.338 e. The van der Waals surface area contributed by atoms with E-state index in [0.29, 0.717) is 17.8 Å². The number of esters is 1. The van der Waals surface area contributed by atoms with Crippen LogP contribution in [-0.2, 0) is 27.3 Å². The van der Waals surface area contributed by atoms with Crippen LogP contribution in [0.1, 0.15) is 43.8 Å². The van der Waals surface area contributed by atoms with E-state index in [1.807, 2.05) is 24.3 Å². The van der Waals surface area contributed by atoms with Gasteiger partial charge in [0.1, 0.15) is 5.82 Å².